The van der Waals surface area contributed by atoms with E-state index in [0.29, 0.717) is 31.2 Å². The van der Waals surface area contributed by atoms with Crippen LogP contribution in [-0.4, -0.2) is 45.7 Å². The van der Waals surface area contributed by atoms with Gasteiger partial charge < -0.3 is 20.7 Å². The molecule has 0 aliphatic carbocycles. The number of benzene rings is 1. The Balaban J connectivity index is 2.31. The van der Waals surface area contributed by atoms with Gasteiger partial charge in [0.05, 0.1) is 7.11 Å². The molecular weight excluding hydrogens is 268 g/mol. The highest BCUT2D eigenvalue weighted by molar-refractivity contribution is 5.94. The molecule has 0 spiro atoms. The molecule has 0 bridgehead atoms. The van der Waals surface area contributed by atoms with Crippen molar-refractivity contribution in [3.8, 4) is 5.75 Å². The molecule has 0 unspecified atom stereocenters. The van der Waals surface area contributed by atoms with E-state index in [1.165, 1.54) is 0 Å². The van der Waals surface area contributed by atoms with E-state index in [2.05, 4.69) is 27.5 Å². The summed E-state index contributed by atoms with van der Waals surface area (Å²) in [5.74, 6) is 1.28. The van der Waals surface area contributed by atoms with Gasteiger partial charge in [-0.25, -0.2) is 0 Å². The van der Waals surface area contributed by atoms with Crippen molar-refractivity contribution in [1.29, 1.82) is 0 Å². The number of methoxy groups -OCH3 is 1. The average Bonchev–Trinajstić information content (AvgIpc) is 2.54. The van der Waals surface area contributed by atoms with E-state index < -0.39 is 0 Å². The summed E-state index contributed by atoms with van der Waals surface area (Å²) in [4.78, 5) is 15.9. The molecule has 0 heterocycles. The van der Waals surface area contributed by atoms with E-state index in [1.54, 1.807) is 44.5 Å². The maximum absolute atomic E-state index is 11.9. The van der Waals surface area contributed by atoms with Gasteiger partial charge >= 0.3 is 0 Å². The first-order valence-electron chi connectivity index (χ1n) is 6.69. The zero-order valence-electron chi connectivity index (χ0n) is 12.5. The number of nitrogens with one attached hydrogen (secondary N) is 3. The molecule has 6 heteroatoms. The van der Waals surface area contributed by atoms with Gasteiger partial charge in [-0.3, -0.25) is 9.79 Å². The predicted octanol–water partition coefficient (Wildman–Crippen LogP) is 0.776. The predicted molar refractivity (Wildman–Crippen MR) is 84.9 cm³/mol. The van der Waals surface area contributed by atoms with Gasteiger partial charge in [-0.15, -0.1) is 6.58 Å². The number of aliphatic imine (C=N–C) groups is 1. The van der Waals surface area contributed by atoms with Gasteiger partial charge in [0.25, 0.3) is 5.91 Å². The summed E-state index contributed by atoms with van der Waals surface area (Å²) in [6.45, 7) is 5.34. The van der Waals surface area contributed by atoms with Crippen molar-refractivity contribution in [2.24, 2.45) is 4.99 Å². The summed E-state index contributed by atoms with van der Waals surface area (Å²) in [6, 6.07) is 6.97. The van der Waals surface area contributed by atoms with E-state index >= 15 is 0 Å². The Labute approximate surface area is 125 Å². The lowest BCUT2D eigenvalue weighted by molar-refractivity contribution is 0.0954. The molecule has 21 heavy (non-hydrogen) atoms. The highest BCUT2D eigenvalue weighted by Gasteiger charge is 2.04. The van der Waals surface area contributed by atoms with Crippen molar-refractivity contribution in [3.05, 3.63) is 42.5 Å². The highest BCUT2D eigenvalue weighted by Crippen LogP contribution is 2.10. The molecule has 0 radical (unpaired) electrons. The Morgan fingerprint density at radius 1 is 1.24 bits per heavy atom. The number of hydrogen-bond acceptors (Lipinski definition) is 3. The molecule has 1 amide bonds. The zero-order chi connectivity index (χ0) is 15.5. The van der Waals surface area contributed by atoms with Crippen molar-refractivity contribution < 1.29 is 9.53 Å². The Kier molecular flexibility index (Phi) is 7.42. The summed E-state index contributed by atoms with van der Waals surface area (Å²) in [5.41, 5.74) is 0.602. The molecule has 0 aromatic heterocycles. The number of carbonyl (C=O) groups excluding carboxylic acids is 1. The van der Waals surface area contributed by atoms with Crippen molar-refractivity contribution in [2.45, 2.75) is 0 Å². The van der Waals surface area contributed by atoms with Crippen LogP contribution in [-0.2, 0) is 0 Å². The van der Waals surface area contributed by atoms with Crippen LogP contribution in [0, 0.1) is 0 Å². The van der Waals surface area contributed by atoms with Crippen LogP contribution < -0.4 is 20.7 Å². The Morgan fingerprint density at radius 3 is 2.48 bits per heavy atom. The number of rotatable bonds is 7. The number of guanidine groups is 1. The fourth-order valence-corrected chi connectivity index (χ4v) is 1.59. The molecule has 1 aromatic carbocycles. The van der Waals surface area contributed by atoms with Crippen molar-refractivity contribution in [3.63, 3.8) is 0 Å². The molecule has 0 saturated heterocycles. The molecule has 1 rings (SSSR count). The van der Waals surface area contributed by atoms with Crippen molar-refractivity contribution in [2.75, 3.05) is 33.8 Å². The Hall–Kier alpha value is -2.50. The number of ether oxygens (including phenoxy) is 1. The van der Waals surface area contributed by atoms with Crippen LogP contribution in [0.5, 0.6) is 5.75 Å². The quantitative estimate of drug-likeness (QED) is 0.300. The topological polar surface area (TPSA) is 74.8 Å². The summed E-state index contributed by atoms with van der Waals surface area (Å²) in [6.07, 6.45) is 1.75. The van der Waals surface area contributed by atoms with Gasteiger partial charge in [0.2, 0.25) is 0 Å². The molecule has 3 N–H and O–H groups in total. The average molecular weight is 290 g/mol. The minimum atomic E-state index is -0.117. The first-order valence-corrected chi connectivity index (χ1v) is 6.69. The molecule has 1 aromatic rings. The number of amides is 1. The van der Waals surface area contributed by atoms with Crippen LogP contribution in [0.25, 0.3) is 0 Å². The van der Waals surface area contributed by atoms with Crippen LogP contribution in [0.3, 0.4) is 0 Å². The van der Waals surface area contributed by atoms with Gasteiger partial charge in [0.15, 0.2) is 5.96 Å². The molecule has 0 atom stereocenters. The number of nitrogens with zero attached hydrogens (tertiary/aromatic N) is 1. The molecule has 114 valence electrons. The third-order valence-corrected chi connectivity index (χ3v) is 2.69. The van der Waals surface area contributed by atoms with Gasteiger partial charge in [-0.1, -0.05) is 6.08 Å². The second kappa shape index (κ2) is 9.41. The van der Waals surface area contributed by atoms with E-state index in [4.69, 9.17) is 4.74 Å². The zero-order valence-corrected chi connectivity index (χ0v) is 12.5. The standard InChI is InChI=1S/C15H22N4O2/c1-4-9-18-15(16-2)19-11-10-17-14(20)12-5-7-13(21-3)8-6-12/h4-8H,1,9-11H2,2-3H3,(H,17,20)(H2,16,18,19). The van der Waals surface area contributed by atoms with Crippen LogP contribution >= 0.6 is 0 Å². The van der Waals surface area contributed by atoms with Crippen LogP contribution in [0.2, 0.25) is 0 Å². The van der Waals surface area contributed by atoms with Gasteiger partial charge in [-0.2, -0.15) is 0 Å². The van der Waals surface area contributed by atoms with E-state index in [9.17, 15) is 4.79 Å². The Bertz CT molecular complexity index is 483. The van der Waals surface area contributed by atoms with Gasteiger partial charge in [-0.05, 0) is 24.3 Å². The lowest BCUT2D eigenvalue weighted by Crippen LogP contribution is -2.41. The third kappa shape index (κ3) is 5.99. The largest absolute Gasteiger partial charge is 0.497 e. The molecular formula is C15H22N4O2. The fraction of sp³-hybridized carbons (Fsp3) is 0.333. The van der Waals surface area contributed by atoms with E-state index in [1.807, 2.05) is 0 Å². The van der Waals surface area contributed by atoms with Gasteiger partial charge in [0, 0.05) is 32.2 Å². The second-order valence-electron chi connectivity index (χ2n) is 4.15. The molecule has 0 aliphatic rings. The summed E-state index contributed by atoms with van der Waals surface area (Å²) in [7, 11) is 3.28. The first kappa shape index (κ1) is 16.6. The summed E-state index contributed by atoms with van der Waals surface area (Å²) < 4.78 is 5.05. The molecule has 6 nitrogen and oxygen atoms in total. The monoisotopic (exact) mass is 290 g/mol. The lowest BCUT2D eigenvalue weighted by atomic mass is 10.2. The highest BCUT2D eigenvalue weighted by atomic mass is 16.5. The van der Waals surface area contributed by atoms with Crippen LogP contribution in [0.1, 0.15) is 10.4 Å². The smallest absolute Gasteiger partial charge is 0.251 e. The maximum atomic E-state index is 11.9. The number of carbonyl (C=O) groups is 1. The van der Waals surface area contributed by atoms with Gasteiger partial charge in [0.1, 0.15) is 5.75 Å². The summed E-state index contributed by atoms with van der Waals surface area (Å²) >= 11 is 0. The minimum absolute atomic E-state index is 0.117. The maximum Gasteiger partial charge on any atom is 0.251 e. The van der Waals surface area contributed by atoms with Crippen LogP contribution in [0.15, 0.2) is 41.9 Å². The minimum Gasteiger partial charge on any atom is -0.497 e. The SMILES string of the molecule is C=CCNC(=NC)NCCNC(=O)c1ccc(OC)cc1. The lowest BCUT2D eigenvalue weighted by Gasteiger charge is -2.11. The van der Waals surface area contributed by atoms with E-state index in [-0.39, 0.29) is 5.91 Å². The third-order valence-electron chi connectivity index (χ3n) is 2.69. The fourth-order valence-electron chi connectivity index (χ4n) is 1.59. The molecule has 0 saturated carbocycles. The van der Waals surface area contributed by atoms with Crippen molar-refractivity contribution in [1.82, 2.24) is 16.0 Å². The second-order valence-corrected chi connectivity index (χ2v) is 4.15. The molecule has 0 fully saturated rings. The summed E-state index contributed by atoms with van der Waals surface area (Å²) in [5, 5.41) is 8.96. The van der Waals surface area contributed by atoms with Crippen molar-refractivity contribution >= 4 is 11.9 Å². The van der Waals surface area contributed by atoms with Crippen LogP contribution in [0.4, 0.5) is 0 Å². The first-order chi connectivity index (χ1) is 10.2. The molecule has 0 aliphatic heterocycles. The number of hydrogen-bond donors (Lipinski definition) is 3. The normalized spacial score (nSPS) is 10.7. The van der Waals surface area contributed by atoms with E-state index in [0.717, 1.165) is 5.75 Å². The Morgan fingerprint density at radius 2 is 1.90 bits per heavy atom.